The van der Waals surface area contributed by atoms with Crippen molar-refractivity contribution in [3.05, 3.63) is 59.1 Å². The molecule has 1 aromatic carbocycles. The van der Waals surface area contributed by atoms with E-state index in [0.717, 1.165) is 47.3 Å². The zero-order valence-corrected chi connectivity index (χ0v) is 17.8. The van der Waals surface area contributed by atoms with Crippen molar-refractivity contribution in [3.8, 4) is 0 Å². The molecule has 2 aromatic heterocycles. The van der Waals surface area contributed by atoms with Gasteiger partial charge < -0.3 is 9.47 Å². The van der Waals surface area contributed by atoms with Crippen molar-refractivity contribution in [2.75, 3.05) is 13.1 Å². The Bertz CT molecular complexity index is 1130. The van der Waals surface area contributed by atoms with Gasteiger partial charge in [-0.3, -0.25) is 9.59 Å². The lowest BCUT2D eigenvalue weighted by atomic mass is 10.0. The Morgan fingerprint density at radius 2 is 2.03 bits per heavy atom. The highest BCUT2D eigenvalue weighted by Gasteiger charge is 2.31. The van der Waals surface area contributed by atoms with Crippen LogP contribution in [0, 0.1) is 0 Å². The molecule has 0 saturated carbocycles. The molecule has 1 saturated heterocycles. The lowest BCUT2D eigenvalue weighted by Gasteiger charge is -2.34. The van der Waals surface area contributed by atoms with E-state index in [9.17, 15) is 9.59 Å². The average molecular weight is 421 g/mol. The summed E-state index contributed by atoms with van der Waals surface area (Å²) in [6.45, 7) is 3.30. The highest BCUT2D eigenvalue weighted by molar-refractivity contribution is 7.17. The van der Waals surface area contributed by atoms with Crippen LogP contribution in [-0.4, -0.2) is 51.1 Å². The van der Waals surface area contributed by atoms with Gasteiger partial charge in [-0.15, -0.1) is 11.3 Å². The van der Waals surface area contributed by atoms with Crippen molar-refractivity contribution in [3.63, 3.8) is 0 Å². The fraction of sp³-hybridized carbons (Fsp3) is 0.348. The second-order valence-corrected chi connectivity index (χ2v) is 8.94. The number of fused-ring (bicyclic) bond motifs is 3. The minimum absolute atomic E-state index is 0.0294. The summed E-state index contributed by atoms with van der Waals surface area (Å²) >= 11 is 1.62. The molecule has 2 amide bonds. The number of hydrogen-bond acceptors (Lipinski definition) is 4. The zero-order valence-electron chi connectivity index (χ0n) is 17.0. The standard InChI is InChI=1S/C23H24N4O2S/c1-16-7-5-6-11-25(16)22(28)15-27-23(29)20-13-21-19(10-12-30-21)26(20)14-18(24-27)17-8-3-2-4-9-17/h2-4,8-10,12-13,16H,5-7,11,14-15H2,1H3/t16-/m1/s1. The Hall–Kier alpha value is -2.93. The molecule has 0 bridgehead atoms. The summed E-state index contributed by atoms with van der Waals surface area (Å²) in [5.41, 5.74) is 3.36. The predicted octanol–water partition coefficient (Wildman–Crippen LogP) is 3.96. The molecule has 3 aromatic rings. The van der Waals surface area contributed by atoms with E-state index in [1.54, 1.807) is 11.3 Å². The van der Waals surface area contributed by atoms with Crippen molar-refractivity contribution >= 4 is 39.1 Å². The highest BCUT2D eigenvalue weighted by atomic mass is 32.1. The summed E-state index contributed by atoms with van der Waals surface area (Å²) in [5.74, 6) is -0.254. The van der Waals surface area contributed by atoms with Crippen LogP contribution in [0.2, 0.25) is 0 Å². The first-order chi connectivity index (χ1) is 14.6. The third kappa shape index (κ3) is 3.33. The van der Waals surface area contributed by atoms with Crippen LogP contribution < -0.4 is 0 Å². The molecule has 4 heterocycles. The Morgan fingerprint density at radius 1 is 1.20 bits per heavy atom. The van der Waals surface area contributed by atoms with Gasteiger partial charge in [0.25, 0.3) is 5.91 Å². The maximum Gasteiger partial charge on any atom is 0.291 e. The van der Waals surface area contributed by atoms with Gasteiger partial charge in [0, 0.05) is 12.6 Å². The number of hydrazone groups is 1. The number of carbonyl (C=O) groups excluding carboxylic acids is 2. The van der Waals surface area contributed by atoms with E-state index < -0.39 is 0 Å². The Labute approximate surface area is 179 Å². The highest BCUT2D eigenvalue weighted by Crippen LogP contribution is 2.28. The quantitative estimate of drug-likeness (QED) is 0.644. The second-order valence-electron chi connectivity index (χ2n) is 7.99. The molecule has 30 heavy (non-hydrogen) atoms. The summed E-state index contributed by atoms with van der Waals surface area (Å²) in [5, 5.41) is 8.10. The van der Waals surface area contributed by atoms with E-state index in [2.05, 4.69) is 6.92 Å². The van der Waals surface area contributed by atoms with Crippen LogP contribution in [0.1, 0.15) is 42.2 Å². The number of likely N-dealkylation sites (tertiary alicyclic amines) is 1. The first-order valence-electron chi connectivity index (χ1n) is 10.4. The third-order valence-corrected chi connectivity index (χ3v) is 6.89. The minimum Gasteiger partial charge on any atom is -0.338 e. The summed E-state index contributed by atoms with van der Waals surface area (Å²) in [6, 6.07) is 14.1. The number of benzene rings is 1. The number of nitrogens with zero attached hydrogens (tertiary/aromatic N) is 4. The smallest absolute Gasteiger partial charge is 0.291 e. The predicted molar refractivity (Wildman–Crippen MR) is 119 cm³/mol. The Balaban J connectivity index is 1.53. The fourth-order valence-corrected chi connectivity index (χ4v) is 5.23. The first kappa shape index (κ1) is 19.1. The fourth-order valence-electron chi connectivity index (χ4n) is 4.40. The van der Waals surface area contributed by atoms with Crippen LogP contribution in [0.5, 0.6) is 0 Å². The topological polar surface area (TPSA) is 57.9 Å². The number of aromatic nitrogens is 1. The van der Waals surface area contributed by atoms with Crippen molar-refractivity contribution in [1.29, 1.82) is 0 Å². The Morgan fingerprint density at radius 3 is 2.83 bits per heavy atom. The molecule has 2 aliphatic rings. The molecule has 0 aliphatic carbocycles. The molecule has 154 valence electrons. The molecule has 0 N–H and O–H groups in total. The van der Waals surface area contributed by atoms with Gasteiger partial charge in [-0.25, -0.2) is 5.01 Å². The molecule has 2 aliphatic heterocycles. The van der Waals surface area contributed by atoms with Gasteiger partial charge in [0.1, 0.15) is 12.2 Å². The molecule has 5 rings (SSSR count). The number of hydrogen-bond donors (Lipinski definition) is 0. The summed E-state index contributed by atoms with van der Waals surface area (Å²) < 4.78 is 3.09. The second kappa shape index (κ2) is 7.72. The van der Waals surface area contributed by atoms with Gasteiger partial charge in [-0.2, -0.15) is 5.10 Å². The minimum atomic E-state index is -0.220. The maximum absolute atomic E-state index is 13.4. The molecule has 7 heteroatoms. The average Bonchev–Trinajstić information content (AvgIpc) is 3.32. The van der Waals surface area contributed by atoms with E-state index in [-0.39, 0.29) is 24.4 Å². The summed E-state index contributed by atoms with van der Waals surface area (Å²) in [6.07, 6.45) is 3.17. The monoisotopic (exact) mass is 420 g/mol. The number of amides is 2. The lowest BCUT2D eigenvalue weighted by Crippen LogP contribution is -2.47. The van der Waals surface area contributed by atoms with E-state index in [1.165, 1.54) is 5.01 Å². The number of piperidine rings is 1. The van der Waals surface area contributed by atoms with Crippen molar-refractivity contribution < 1.29 is 9.59 Å². The number of carbonyl (C=O) groups is 2. The molecule has 6 nitrogen and oxygen atoms in total. The first-order valence-corrected chi connectivity index (χ1v) is 11.3. The van der Waals surface area contributed by atoms with Crippen LogP contribution in [0.25, 0.3) is 10.2 Å². The van der Waals surface area contributed by atoms with E-state index in [1.807, 2.05) is 57.3 Å². The van der Waals surface area contributed by atoms with Crippen LogP contribution in [0.4, 0.5) is 0 Å². The van der Waals surface area contributed by atoms with Crippen LogP contribution in [-0.2, 0) is 11.3 Å². The Kier molecular flexibility index (Phi) is 4.90. The van der Waals surface area contributed by atoms with Crippen LogP contribution in [0.3, 0.4) is 0 Å². The molecule has 0 radical (unpaired) electrons. The largest absolute Gasteiger partial charge is 0.338 e. The van der Waals surface area contributed by atoms with Gasteiger partial charge in [0.15, 0.2) is 0 Å². The molecule has 0 spiro atoms. The van der Waals surface area contributed by atoms with Gasteiger partial charge in [0.05, 0.1) is 22.5 Å². The van der Waals surface area contributed by atoms with Gasteiger partial charge in [-0.1, -0.05) is 30.3 Å². The zero-order chi connectivity index (χ0) is 20.7. The van der Waals surface area contributed by atoms with Crippen LogP contribution in [0.15, 0.2) is 52.9 Å². The number of rotatable bonds is 3. The van der Waals surface area contributed by atoms with Crippen molar-refractivity contribution in [1.82, 2.24) is 14.5 Å². The van der Waals surface area contributed by atoms with Crippen molar-refractivity contribution in [2.24, 2.45) is 5.10 Å². The molecule has 0 unspecified atom stereocenters. The SMILES string of the molecule is C[C@@H]1CCCCN1C(=O)CN1N=C(c2ccccc2)Cn2c(cc3sccc32)C1=O. The van der Waals surface area contributed by atoms with E-state index >= 15 is 0 Å². The third-order valence-electron chi connectivity index (χ3n) is 6.04. The van der Waals surface area contributed by atoms with Gasteiger partial charge in [-0.05, 0) is 49.3 Å². The van der Waals surface area contributed by atoms with Crippen molar-refractivity contribution in [2.45, 2.75) is 38.8 Å². The normalized spacial score (nSPS) is 19.6. The molecular weight excluding hydrogens is 396 g/mol. The summed E-state index contributed by atoms with van der Waals surface area (Å²) in [4.78, 5) is 28.4. The molecule has 1 fully saturated rings. The molecule has 1 atom stereocenters. The van der Waals surface area contributed by atoms with Gasteiger partial charge in [0.2, 0.25) is 5.91 Å². The van der Waals surface area contributed by atoms with E-state index in [0.29, 0.717) is 12.2 Å². The number of thiophene rings is 1. The van der Waals surface area contributed by atoms with Crippen LogP contribution >= 0.6 is 11.3 Å². The lowest BCUT2D eigenvalue weighted by molar-refractivity contribution is -0.135. The van der Waals surface area contributed by atoms with E-state index in [4.69, 9.17) is 5.10 Å². The maximum atomic E-state index is 13.4. The molecular formula is C23H24N4O2S. The summed E-state index contributed by atoms with van der Waals surface area (Å²) in [7, 11) is 0. The van der Waals surface area contributed by atoms with Gasteiger partial charge >= 0.3 is 0 Å².